The van der Waals surface area contributed by atoms with Gasteiger partial charge in [0, 0.05) is 61.9 Å². The lowest BCUT2D eigenvalue weighted by atomic mass is 9.72. The predicted molar refractivity (Wildman–Crippen MR) is 162 cm³/mol. The number of rotatable bonds is 5. The highest BCUT2D eigenvalue weighted by Crippen LogP contribution is 2.45. The Morgan fingerprint density at radius 1 is 1.19 bits per heavy atom. The first-order chi connectivity index (χ1) is 20.9. The van der Waals surface area contributed by atoms with Crippen molar-refractivity contribution in [1.82, 2.24) is 19.9 Å². The molecule has 3 aliphatic heterocycles. The maximum absolute atomic E-state index is 13.6. The molecule has 9 nitrogen and oxygen atoms in total. The van der Waals surface area contributed by atoms with Gasteiger partial charge in [-0.3, -0.25) is 4.79 Å². The van der Waals surface area contributed by atoms with E-state index < -0.39 is 0 Å². The van der Waals surface area contributed by atoms with Crippen LogP contribution < -0.4 is 9.80 Å². The lowest BCUT2D eigenvalue weighted by Crippen LogP contribution is -2.73. The molecule has 1 spiro atoms. The summed E-state index contributed by atoms with van der Waals surface area (Å²) in [5, 5.41) is 11.6. The van der Waals surface area contributed by atoms with Gasteiger partial charge in [0.25, 0.3) is 0 Å². The van der Waals surface area contributed by atoms with Crippen LogP contribution in [0.3, 0.4) is 0 Å². The number of nitrogens with zero attached hydrogens (tertiary/aromatic N) is 7. The normalized spacial score (nSPS) is 20.2. The Bertz CT molecular complexity index is 1800. The number of aryl methyl sites for hydroxylation is 1. The van der Waals surface area contributed by atoms with E-state index >= 15 is 0 Å². The quantitative estimate of drug-likeness (QED) is 0.327. The first-order valence-electron chi connectivity index (χ1n) is 14.7. The highest BCUT2D eigenvalue weighted by molar-refractivity contribution is 7.16. The van der Waals surface area contributed by atoms with Crippen molar-refractivity contribution in [3.05, 3.63) is 58.5 Å². The van der Waals surface area contributed by atoms with E-state index in [9.17, 15) is 14.4 Å². The lowest BCUT2D eigenvalue weighted by molar-refractivity contribution is -0.149. The molecule has 8 rings (SSSR count). The van der Waals surface area contributed by atoms with Gasteiger partial charge in [-0.2, -0.15) is 5.26 Å². The number of fused-ring (bicyclic) bond motifs is 2. The van der Waals surface area contributed by atoms with E-state index in [1.165, 1.54) is 29.0 Å². The van der Waals surface area contributed by atoms with Gasteiger partial charge in [0.05, 0.1) is 30.1 Å². The van der Waals surface area contributed by atoms with Crippen molar-refractivity contribution >= 4 is 44.8 Å². The fourth-order valence-corrected chi connectivity index (χ4v) is 8.00. The number of hydrogen-bond donors (Lipinski definition) is 0. The molecule has 3 saturated heterocycles. The van der Waals surface area contributed by atoms with Gasteiger partial charge in [-0.05, 0) is 61.6 Å². The number of thiazole rings is 1. The predicted octanol–water partition coefficient (Wildman–Crippen LogP) is 4.71. The summed E-state index contributed by atoms with van der Waals surface area (Å²) in [7, 11) is 1.99. The van der Waals surface area contributed by atoms with Gasteiger partial charge in [-0.15, -0.1) is 0 Å². The van der Waals surface area contributed by atoms with Gasteiger partial charge in [0.2, 0.25) is 5.91 Å². The van der Waals surface area contributed by atoms with E-state index in [4.69, 9.17) is 19.7 Å². The maximum atomic E-state index is 13.6. The van der Waals surface area contributed by atoms with Crippen LogP contribution >= 0.6 is 11.3 Å². The van der Waals surface area contributed by atoms with Crippen molar-refractivity contribution in [3.8, 4) is 17.3 Å². The van der Waals surface area contributed by atoms with E-state index in [0.717, 1.165) is 74.3 Å². The first-order valence-corrected chi connectivity index (χ1v) is 15.6. The number of carbonyl (C=O) groups excluding carboxylic acids is 1. The summed E-state index contributed by atoms with van der Waals surface area (Å²) in [6.07, 6.45) is 5.61. The van der Waals surface area contributed by atoms with Gasteiger partial charge < -0.3 is 19.4 Å². The molecule has 0 N–H and O–H groups in total. The van der Waals surface area contributed by atoms with Gasteiger partial charge >= 0.3 is 0 Å². The van der Waals surface area contributed by atoms with Crippen LogP contribution in [0, 0.1) is 28.5 Å². The average Bonchev–Trinajstić information content (AvgIpc) is 3.75. The second kappa shape index (κ2) is 9.96. The molecule has 1 atom stereocenters. The molecule has 0 radical (unpaired) electrons. The van der Waals surface area contributed by atoms with Crippen molar-refractivity contribution < 1.29 is 13.9 Å². The number of halogens is 1. The van der Waals surface area contributed by atoms with Crippen LogP contribution in [0.1, 0.15) is 29.0 Å². The number of hydrogen-bond acceptors (Lipinski definition) is 9. The van der Waals surface area contributed by atoms with Gasteiger partial charge in [0.15, 0.2) is 10.8 Å². The number of aromatic nitrogens is 3. The zero-order valence-electron chi connectivity index (χ0n) is 23.8. The highest BCUT2D eigenvalue weighted by Gasteiger charge is 2.54. The molecule has 4 aromatic rings. The molecular weight excluding hydrogens is 565 g/mol. The molecule has 4 aliphatic rings. The number of anilines is 3. The molecule has 11 heteroatoms. The van der Waals surface area contributed by atoms with E-state index in [-0.39, 0.29) is 23.1 Å². The van der Waals surface area contributed by atoms with Crippen molar-refractivity contribution in [2.75, 3.05) is 56.2 Å². The fraction of sp³-hybridized carbons (Fsp3) is 0.406. The van der Waals surface area contributed by atoms with E-state index in [2.05, 4.69) is 21.9 Å². The summed E-state index contributed by atoms with van der Waals surface area (Å²) < 4.78 is 19.0. The number of carbonyl (C=O) groups is 1. The monoisotopic (exact) mass is 595 g/mol. The Labute approximate surface area is 252 Å². The minimum Gasteiger partial charge on any atom is -0.381 e. The minimum atomic E-state index is -0.327. The van der Waals surface area contributed by atoms with Crippen LogP contribution in [0.25, 0.3) is 22.3 Å². The lowest BCUT2D eigenvalue weighted by Gasteiger charge is -2.61. The molecule has 43 heavy (non-hydrogen) atoms. The number of benzene rings is 1. The van der Waals surface area contributed by atoms with E-state index in [1.54, 1.807) is 12.1 Å². The standard InChI is InChI=1S/C32H30FN7O2S/c1-38(31-37-27(26(12-34)43-31)19-5-7-21(33)8-6-19)28-23-3-2-4-25(23)36-29-24(28)11-22(13-35-29)39-15-32(16-39)17-40(18-32)30(41)20-9-10-42-14-20/h5-8,11,13,20H,2-4,9-10,14-18H2,1H3/t20-/m1/s1. The summed E-state index contributed by atoms with van der Waals surface area (Å²) >= 11 is 1.33. The number of likely N-dealkylation sites (tertiary alicyclic amines) is 1. The third-order valence-electron chi connectivity index (χ3n) is 9.34. The largest absolute Gasteiger partial charge is 0.381 e. The van der Waals surface area contributed by atoms with E-state index in [0.29, 0.717) is 40.1 Å². The van der Waals surface area contributed by atoms with Crippen LogP contribution in [-0.4, -0.2) is 72.2 Å². The number of amides is 1. The molecule has 218 valence electrons. The topological polar surface area (TPSA) is 98.5 Å². The second-order valence-electron chi connectivity index (χ2n) is 12.3. The summed E-state index contributed by atoms with van der Waals surface area (Å²) in [5.41, 5.74) is 6.48. The average molecular weight is 596 g/mol. The number of nitriles is 1. The van der Waals surface area contributed by atoms with Gasteiger partial charge in [-0.1, -0.05) is 11.3 Å². The molecule has 1 aliphatic carbocycles. The number of pyridine rings is 2. The SMILES string of the molecule is CN(c1nc(-c2ccc(F)cc2)c(C#N)s1)c1c2c(nc3ncc(N4CC5(CN(C(=O)[C@@H]6CCOC6)C5)C4)cc13)CCC2. The first kappa shape index (κ1) is 26.5. The van der Waals surface area contributed by atoms with Crippen LogP contribution in [0.4, 0.5) is 20.9 Å². The van der Waals surface area contributed by atoms with E-state index in [1.807, 2.05) is 18.1 Å². The highest BCUT2D eigenvalue weighted by atomic mass is 32.1. The van der Waals surface area contributed by atoms with Crippen molar-refractivity contribution in [2.24, 2.45) is 11.3 Å². The smallest absolute Gasteiger partial charge is 0.228 e. The summed E-state index contributed by atoms with van der Waals surface area (Å²) in [6, 6.07) is 10.6. The Morgan fingerprint density at radius 2 is 2.00 bits per heavy atom. The second-order valence-corrected chi connectivity index (χ2v) is 13.2. The van der Waals surface area contributed by atoms with Gasteiger partial charge in [-0.25, -0.2) is 19.3 Å². The third kappa shape index (κ3) is 4.34. The van der Waals surface area contributed by atoms with Crippen LogP contribution in [0.2, 0.25) is 0 Å². The van der Waals surface area contributed by atoms with Crippen LogP contribution in [0.5, 0.6) is 0 Å². The Balaban J connectivity index is 1.09. The minimum absolute atomic E-state index is 0.0247. The Morgan fingerprint density at radius 3 is 2.74 bits per heavy atom. The number of ether oxygens (including phenoxy) is 1. The van der Waals surface area contributed by atoms with Crippen LogP contribution in [0.15, 0.2) is 36.5 Å². The third-order valence-corrected chi connectivity index (χ3v) is 10.4. The fourth-order valence-electron chi connectivity index (χ4n) is 7.14. The molecule has 1 aromatic carbocycles. The molecule has 0 bridgehead atoms. The van der Waals surface area contributed by atoms with Crippen LogP contribution in [-0.2, 0) is 22.4 Å². The Hall–Kier alpha value is -4.14. The molecule has 0 saturated carbocycles. The summed E-state index contributed by atoms with van der Waals surface area (Å²) in [6.45, 7) is 4.65. The maximum Gasteiger partial charge on any atom is 0.228 e. The molecule has 1 amide bonds. The molecule has 3 aromatic heterocycles. The van der Waals surface area contributed by atoms with Gasteiger partial charge in [0.1, 0.15) is 22.5 Å². The Kier molecular flexibility index (Phi) is 6.14. The molecular formula is C32H30FN7O2S. The summed E-state index contributed by atoms with van der Waals surface area (Å²) in [5.74, 6) is -0.0602. The molecule has 3 fully saturated rings. The van der Waals surface area contributed by atoms with Crippen molar-refractivity contribution in [3.63, 3.8) is 0 Å². The molecule has 6 heterocycles. The van der Waals surface area contributed by atoms with Crippen molar-refractivity contribution in [2.45, 2.75) is 25.7 Å². The van der Waals surface area contributed by atoms with Crippen molar-refractivity contribution in [1.29, 1.82) is 5.26 Å². The summed E-state index contributed by atoms with van der Waals surface area (Å²) in [4.78, 5) is 34.3. The zero-order valence-corrected chi connectivity index (χ0v) is 24.7. The zero-order chi connectivity index (χ0) is 29.3. The molecule has 0 unspecified atom stereocenters.